The van der Waals surface area contributed by atoms with E-state index in [1.165, 1.54) is 0 Å². The van der Waals surface area contributed by atoms with Gasteiger partial charge in [-0.25, -0.2) is 4.79 Å². The highest BCUT2D eigenvalue weighted by Gasteiger charge is 2.35. The summed E-state index contributed by atoms with van der Waals surface area (Å²) < 4.78 is 5.54. The third-order valence-electron chi connectivity index (χ3n) is 7.26. The molecule has 0 radical (unpaired) electrons. The fraction of sp³-hybridized carbons (Fsp3) is 0.444. The molecule has 0 heterocycles. The summed E-state index contributed by atoms with van der Waals surface area (Å²) in [5.74, 6) is -1.22. The first-order chi connectivity index (χ1) is 16.4. The van der Waals surface area contributed by atoms with Crippen LogP contribution in [0.3, 0.4) is 0 Å². The number of nitrogens with zero attached hydrogens (tertiary/aromatic N) is 1. The van der Waals surface area contributed by atoms with Gasteiger partial charge in [0.15, 0.2) is 0 Å². The molecule has 7 heteroatoms. The zero-order valence-electron chi connectivity index (χ0n) is 19.7. The van der Waals surface area contributed by atoms with Gasteiger partial charge in [-0.15, -0.1) is 0 Å². The van der Waals surface area contributed by atoms with Crippen LogP contribution in [0, 0.1) is 5.92 Å². The average Bonchev–Trinajstić information content (AvgIpc) is 3.10. The molecule has 2 aliphatic rings. The number of nitrogens with one attached hydrogen (secondary N) is 1. The van der Waals surface area contributed by atoms with E-state index in [0.29, 0.717) is 12.5 Å². The van der Waals surface area contributed by atoms with E-state index in [-0.39, 0.29) is 24.5 Å². The van der Waals surface area contributed by atoms with E-state index in [1.807, 2.05) is 50.2 Å². The molecule has 1 fully saturated rings. The van der Waals surface area contributed by atoms with Crippen molar-refractivity contribution >= 4 is 18.0 Å². The summed E-state index contributed by atoms with van der Waals surface area (Å²) >= 11 is 0. The zero-order chi connectivity index (χ0) is 24.2. The highest BCUT2D eigenvalue weighted by Crippen LogP contribution is 2.44. The molecular weight excluding hydrogens is 432 g/mol. The summed E-state index contributed by atoms with van der Waals surface area (Å²) in [6.45, 7) is 4.43. The number of hydrogen-bond donors (Lipinski definition) is 2. The number of ether oxygens (including phenoxy) is 1. The lowest BCUT2D eigenvalue weighted by molar-refractivity contribution is -0.144. The number of fused-ring (bicyclic) bond motifs is 3. The molecule has 0 aliphatic heterocycles. The summed E-state index contributed by atoms with van der Waals surface area (Å²) in [5, 5.41) is 11.9. The zero-order valence-corrected chi connectivity index (χ0v) is 19.7. The van der Waals surface area contributed by atoms with Crippen molar-refractivity contribution in [3.63, 3.8) is 0 Å². The van der Waals surface area contributed by atoms with E-state index >= 15 is 0 Å². The predicted molar refractivity (Wildman–Crippen MR) is 128 cm³/mol. The van der Waals surface area contributed by atoms with Gasteiger partial charge in [0, 0.05) is 18.5 Å². The Hall–Kier alpha value is -3.35. The van der Waals surface area contributed by atoms with Crippen molar-refractivity contribution in [3.05, 3.63) is 59.7 Å². The molecule has 1 saturated carbocycles. The lowest BCUT2D eigenvalue weighted by atomic mass is 9.79. The second-order valence-corrected chi connectivity index (χ2v) is 9.18. The van der Waals surface area contributed by atoms with E-state index in [9.17, 15) is 19.5 Å². The minimum atomic E-state index is -1.17. The Morgan fingerprint density at radius 2 is 1.65 bits per heavy atom. The number of carbonyl (C=O) groups is 3. The monoisotopic (exact) mass is 464 g/mol. The van der Waals surface area contributed by atoms with Crippen molar-refractivity contribution in [3.8, 4) is 11.1 Å². The van der Waals surface area contributed by atoms with Crippen molar-refractivity contribution in [1.82, 2.24) is 10.2 Å². The van der Waals surface area contributed by atoms with Crippen LogP contribution in [-0.4, -0.2) is 53.2 Å². The van der Waals surface area contributed by atoms with E-state index in [2.05, 4.69) is 17.4 Å². The van der Waals surface area contributed by atoms with E-state index in [0.717, 1.165) is 41.5 Å². The highest BCUT2D eigenvalue weighted by molar-refractivity contribution is 5.89. The second-order valence-electron chi connectivity index (χ2n) is 9.18. The van der Waals surface area contributed by atoms with Gasteiger partial charge in [0.05, 0.1) is 6.42 Å². The maximum atomic E-state index is 13.2. The van der Waals surface area contributed by atoms with Crippen LogP contribution < -0.4 is 5.32 Å². The summed E-state index contributed by atoms with van der Waals surface area (Å²) in [4.78, 5) is 39.1. The van der Waals surface area contributed by atoms with Crippen LogP contribution in [0.25, 0.3) is 11.1 Å². The number of carbonyl (C=O) groups excluding carboxylic acids is 2. The van der Waals surface area contributed by atoms with Crippen LogP contribution in [0.5, 0.6) is 0 Å². The Balaban J connectivity index is 1.43. The van der Waals surface area contributed by atoms with E-state index < -0.39 is 24.5 Å². The number of carboxylic acids is 1. The van der Waals surface area contributed by atoms with Gasteiger partial charge < -0.3 is 20.1 Å². The Bertz CT molecular complexity index is 1020. The van der Waals surface area contributed by atoms with Gasteiger partial charge in [-0.05, 0) is 54.9 Å². The third kappa shape index (κ3) is 4.79. The van der Waals surface area contributed by atoms with Crippen molar-refractivity contribution in [1.29, 1.82) is 0 Å². The van der Waals surface area contributed by atoms with Crippen LogP contribution >= 0.6 is 0 Å². The molecule has 2 aromatic rings. The molecule has 0 bridgehead atoms. The molecule has 0 aromatic heterocycles. The van der Waals surface area contributed by atoms with E-state index in [1.54, 1.807) is 4.90 Å². The van der Waals surface area contributed by atoms with Gasteiger partial charge in [0.25, 0.3) is 0 Å². The standard InChI is InChI=1S/C27H32N2O5/c1-3-29(17(2)18-9-8-10-18)26(32)24(15-25(30)31)28-27(33)34-16-23-21-13-6-4-11-19(21)20-12-5-7-14-22(20)23/h4-7,11-14,17-18,23-24H,3,8-10,15-16H2,1-2H3,(H,28,33)(H,30,31). The fourth-order valence-electron chi connectivity index (χ4n) is 5.18. The maximum Gasteiger partial charge on any atom is 0.407 e. The molecule has 0 spiro atoms. The number of likely N-dealkylation sites (N-methyl/N-ethyl adjacent to an activating group) is 1. The van der Waals surface area contributed by atoms with Crippen LogP contribution in [-0.2, 0) is 14.3 Å². The first-order valence-corrected chi connectivity index (χ1v) is 12.0. The van der Waals surface area contributed by atoms with Gasteiger partial charge in [0.2, 0.25) is 5.91 Å². The Morgan fingerprint density at radius 1 is 1.06 bits per heavy atom. The number of alkyl carbamates (subject to hydrolysis) is 1. The lowest BCUT2D eigenvalue weighted by Crippen LogP contribution is -2.54. The summed E-state index contributed by atoms with van der Waals surface area (Å²) in [6, 6.07) is 14.9. The van der Waals surface area contributed by atoms with Gasteiger partial charge in [0.1, 0.15) is 12.6 Å². The lowest BCUT2D eigenvalue weighted by Gasteiger charge is -2.40. The van der Waals surface area contributed by atoms with Gasteiger partial charge in [-0.1, -0.05) is 55.0 Å². The fourth-order valence-corrected chi connectivity index (χ4v) is 5.18. The van der Waals surface area contributed by atoms with Crippen molar-refractivity contribution in [2.24, 2.45) is 5.92 Å². The smallest absolute Gasteiger partial charge is 0.407 e. The molecule has 2 N–H and O–H groups in total. The Morgan fingerprint density at radius 3 is 2.15 bits per heavy atom. The van der Waals surface area contributed by atoms with E-state index in [4.69, 9.17) is 4.74 Å². The maximum absolute atomic E-state index is 13.2. The van der Waals surface area contributed by atoms with Crippen LogP contribution in [0.4, 0.5) is 4.79 Å². The number of aliphatic carboxylic acids is 1. The second kappa shape index (κ2) is 10.3. The largest absolute Gasteiger partial charge is 0.481 e. The molecule has 4 rings (SSSR count). The number of amides is 2. The first kappa shape index (κ1) is 23.8. The van der Waals surface area contributed by atoms with Gasteiger partial charge in [-0.3, -0.25) is 9.59 Å². The topological polar surface area (TPSA) is 95.9 Å². The van der Waals surface area contributed by atoms with Crippen molar-refractivity contribution in [2.45, 2.75) is 57.5 Å². The molecule has 2 aromatic carbocycles. The number of carboxylic acid groups (broad SMARTS) is 1. The molecule has 0 saturated heterocycles. The van der Waals surface area contributed by atoms with Gasteiger partial charge >= 0.3 is 12.1 Å². The SMILES string of the molecule is CCN(C(=O)C(CC(=O)O)NC(=O)OCC1c2ccccc2-c2ccccc21)C(C)C1CCC1. The minimum absolute atomic E-state index is 0.00635. The van der Waals surface area contributed by atoms with Crippen LogP contribution in [0.15, 0.2) is 48.5 Å². The summed E-state index contributed by atoms with van der Waals surface area (Å²) in [7, 11) is 0. The first-order valence-electron chi connectivity index (χ1n) is 12.0. The number of hydrogen-bond acceptors (Lipinski definition) is 4. The molecule has 2 atom stereocenters. The summed E-state index contributed by atoms with van der Waals surface area (Å²) in [6.07, 6.45) is 2.01. The van der Waals surface area contributed by atoms with Crippen LogP contribution in [0.2, 0.25) is 0 Å². The molecule has 180 valence electrons. The molecule has 2 amide bonds. The Kier molecular flexibility index (Phi) is 7.20. The van der Waals surface area contributed by atoms with Crippen molar-refractivity contribution < 1.29 is 24.2 Å². The Labute approximate surface area is 200 Å². The molecule has 2 aliphatic carbocycles. The van der Waals surface area contributed by atoms with Crippen molar-refractivity contribution in [2.75, 3.05) is 13.2 Å². The molecule has 2 unspecified atom stereocenters. The molecule has 7 nitrogen and oxygen atoms in total. The molecule has 34 heavy (non-hydrogen) atoms. The average molecular weight is 465 g/mol. The summed E-state index contributed by atoms with van der Waals surface area (Å²) in [5.41, 5.74) is 4.41. The predicted octanol–water partition coefficient (Wildman–Crippen LogP) is 4.41. The number of benzene rings is 2. The quantitative estimate of drug-likeness (QED) is 0.573. The molecular formula is C27H32N2O5. The third-order valence-corrected chi connectivity index (χ3v) is 7.26. The van der Waals surface area contributed by atoms with Crippen LogP contribution in [0.1, 0.15) is 56.6 Å². The highest BCUT2D eigenvalue weighted by atomic mass is 16.5. The minimum Gasteiger partial charge on any atom is -0.481 e. The number of rotatable bonds is 9. The van der Waals surface area contributed by atoms with Gasteiger partial charge in [-0.2, -0.15) is 0 Å². The normalized spacial score (nSPS) is 16.5.